The van der Waals surface area contributed by atoms with Crippen LogP contribution in [0.5, 0.6) is 0 Å². The normalized spacial score (nSPS) is 24.7. The van der Waals surface area contributed by atoms with Crippen LogP contribution in [0.1, 0.15) is 57.1 Å². The molecular formula is C18H28N2O. The van der Waals surface area contributed by atoms with Crippen molar-refractivity contribution in [3.8, 4) is 0 Å². The Morgan fingerprint density at radius 3 is 2.76 bits per heavy atom. The first-order chi connectivity index (χ1) is 10.2. The van der Waals surface area contributed by atoms with Crippen molar-refractivity contribution in [3.63, 3.8) is 0 Å². The first-order valence-corrected chi connectivity index (χ1v) is 8.51. The monoisotopic (exact) mass is 288 g/mol. The van der Waals surface area contributed by atoms with Crippen LogP contribution in [0.4, 0.5) is 5.69 Å². The van der Waals surface area contributed by atoms with Crippen molar-refractivity contribution in [2.75, 3.05) is 24.5 Å². The number of aliphatic hydroxyl groups is 1. The summed E-state index contributed by atoms with van der Waals surface area (Å²) in [6.07, 6.45) is 6.63. The molecule has 3 heteroatoms. The number of para-hydroxylation sites is 1. The zero-order chi connectivity index (χ0) is 14.7. The molecule has 0 aromatic heterocycles. The second kappa shape index (κ2) is 6.37. The maximum Gasteiger partial charge on any atom is 0.0821 e. The van der Waals surface area contributed by atoms with Crippen LogP contribution in [-0.2, 0) is 0 Å². The second-order valence-electron chi connectivity index (χ2n) is 6.66. The van der Waals surface area contributed by atoms with Gasteiger partial charge in [0.05, 0.1) is 5.60 Å². The molecule has 1 saturated carbocycles. The molecule has 21 heavy (non-hydrogen) atoms. The van der Waals surface area contributed by atoms with Gasteiger partial charge >= 0.3 is 0 Å². The van der Waals surface area contributed by atoms with E-state index in [0.717, 1.165) is 32.5 Å². The topological polar surface area (TPSA) is 35.5 Å². The molecule has 0 radical (unpaired) electrons. The molecule has 0 saturated heterocycles. The van der Waals surface area contributed by atoms with Gasteiger partial charge in [-0.25, -0.2) is 0 Å². The fraction of sp³-hybridized carbons (Fsp3) is 0.667. The van der Waals surface area contributed by atoms with Crippen molar-refractivity contribution in [2.24, 2.45) is 0 Å². The Bertz CT molecular complexity index is 468. The number of benzene rings is 1. The minimum atomic E-state index is -0.467. The highest BCUT2D eigenvalue weighted by molar-refractivity contribution is 5.56. The van der Waals surface area contributed by atoms with Crippen molar-refractivity contribution >= 4 is 5.69 Å². The largest absolute Gasteiger partial charge is 0.388 e. The molecule has 1 aliphatic heterocycles. The maximum absolute atomic E-state index is 10.8. The Kier molecular flexibility index (Phi) is 4.51. The zero-order valence-electron chi connectivity index (χ0n) is 13.1. The number of nitrogens with one attached hydrogen (secondary N) is 1. The molecule has 0 amide bonds. The average molecular weight is 288 g/mol. The van der Waals surface area contributed by atoms with Crippen LogP contribution in [0.3, 0.4) is 0 Å². The standard InChI is InChI=1S/C18H28N2O/c1-2-19-16-9-7-13-20(14-18(21)11-5-6-12-18)17-10-4-3-8-15(16)17/h3-4,8,10,16,19,21H,2,5-7,9,11-14H2,1H3. The molecule has 2 aliphatic rings. The molecule has 1 aromatic carbocycles. The summed E-state index contributed by atoms with van der Waals surface area (Å²) in [4.78, 5) is 2.43. The Balaban J connectivity index is 1.85. The van der Waals surface area contributed by atoms with Gasteiger partial charge in [-0.2, -0.15) is 0 Å². The van der Waals surface area contributed by atoms with E-state index in [9.17, 15) is 5.11 Å². The minimum Gasteiger partial charge on any atom is -0.388 e. The number of nitrogens with zero attached hydrogens (tertiary/aromatic N) is 1. The fourth-order valence-electron chi connectivity index (χ4n) is 4.00. The summed E-state index contributed by atoms with van der Waals surface area (Å²) in [6, 6.07) is 9.19. The summed E-state index contributed by atoms with van der Waals surface area (Å²) in [6.45, 7) is 5.03. The SMILES string of the molecule is CCNC1CCCN(CC2(O)CCCC2)c2ccccc21. The highest BCUT2D eigenvalue weighted by atomic mass is 16.3. The van der Waals surface area contributed by atoms with Gasteiger partial charge < -0.3 is 15.3 Å². The Hall–Kier alpha value is -1.06. The van der Waals surface area contributed by atoms with Crippen LogP contribution in [0.25, 0.3) is 0 Å². The van der Waals surface area contributed by atoms with Gasteiger partial charge in [0.25, 0.3) is 0 Å². The summed E-state index contributed by atoms with van der Waals surface area (Å²) >= 11 is 0. The molecule has 0 bridgehead atoms. The van der Waals surface area contributed by atoms with Gasteiger partial charge in [0.2, 0.25) is 0 Å². The van der Waals surface area contributed by atoms with E-state index in [0.29, 0.717) is 6.04 Å². The van der Waals surface area contributed by atoms with Crippen molar-refractivity contribution in [2.45, 2.75) is 57.1 Å². The first-order valence-electron chi connectivity index (χ1n) is 8.51. The van der Waals surface area contributed by atoms with E-state index >= 15 is 0 Å². The lowest BCUT2D eigenvalue weighted by molar-refractivity contribution is 0.0548. The van der Waals surface area contributed by atoms with E-state index in [-0.39, 0.29) is 0 Å². The summed E-state index contributed by atoms with van der Waals surface area (Å²) in [5.74, 6) is 0. The highest BCUT2D eigenvalue weighted by Crippen LogP contribution is 2.36. The van der Waals surface area contributed by atoms with Crippen LogP contribution < -0.4 is 10.2 Å². The van der Waals surface area contributed by atoms with Crippen LogP contribution in [0, 0.1) is 0 Å². The molecular weight excluding hydrogens is 260 g/mol. The van der Waals surface area contributed by atoms with Gasteiger partial charge in [-0.3, -0.25) is 0 Å². The van der Waals surface area contributed by atoms with Crippen molar-refractivity contribution in [3.05, 3.63) is 29.8 Å². The minimum absolute atomic E-state index is 0.453. The first kappa shape index (κ1) is 14.9. The smallest absolute Gasteiger partial charge is 0.0821 e. The summed E-state index contributed by atoms with van der Waals surface area (Å²) in [7, 11) is 0. The molecule has 1 heterocycles. The van der Waals surface area contributed by atoms with Gasteiger partial charge in [0, 0.05) is 24.8 Å². The fourth-order valence-corrected chi connectivity index (χ4v) is 4.00. The predicted octanol–water partition coefficient (Wildman–Crippen LogP) is 3.24. The third kappa shape index (κ3) is 3.24. The average Bonchev–Trinajstić information content (AvgIpc) is 2.84. The lowest BCUT2D eigenvalue weighted by atomic mass is 9.99. The molecule has 1 atom stereocenters. The molecule has 3 rings (SSSR count). The third-order valence-electron chi connectivity index (χ3n) is 5.04. The molecule has 116 valence electrons. The number of hydrogen-bond acceptors (Lipinski definition) is 3. The van der Waals surface area contributed by atoms with E-state index in [1.807, 2.05) is 0 Å². The molecule has 1 unspecified atom stereocenters. The number of hydrogen-bond donors (Lipinski definition) is 2. The molecule has 3 nitrogen and oxygen atoms in total. The second-order valence-corrected chi connectivity index (χ2v) is 6.66. The summed E-state index contributed by atoms with van der Waals surface area (Å²) in [5.41, 5.74) is 2.25. The van der Waals surface area contributed by atoms with E-state index in [2.05, 4.69) is 41.4 Å². The van der Waals surface area contributed by atoms with E-state index < -0.39 is 5.60 Å². The van der Waals surface area contributed by atoms with Crippen LogP contribution in [0.2, 0.25) is 0 Å². The number of β-amino-alcohol motifs (C(OH)–C–C–N with tert-alkyl or cyclic N) is 1. The number of rotatable bonds is 4. The predicted molar refractivity (Wildman–Crippen MR) is 87.7 cm³/mol. The van der Waals surface area contributed by atoms with Gasteiger partial charge in [-0.05, 0) is 43.9 Å². The molecule has 1 fully saturated rings. The van der Waals surface area contributed by atoms with E-state index in [1.54, 1.807) is 0 Å². The number of anilines is 1. The van der Waals surface area contributed by atoms with E-state index in [4.69, 9.17) is 0 Å². The molecule has 1 aromatic rings. The highest BCUT2D eigenvalue weighted by Gasteiger charge is 2.34. The van der Waals surface area contributed by atoms with Gasteiger partial charge in [-0.15, -0.1) is 0 Å². The van der Waals surface area contributed by atoms with Gasteiger partial charge in [-0.1, -0.05) is 38.0 Å². The van der Waals surface area contributed by atoms with Crippen LogP contribution >= 0.6 is 0 Å². The number of fused-ring (bicyclic) bond motifs is 1. The van der Waals surface area contributed by atoms with Gasteiger partial charge in [0.15, 0.2) is 0 Å². The third-order valence-corrected chi connectivity index (χ3v) is 5.04. The van der Waals surface area contributed by atoms with Crippen LogP contribution in [-0.4, -0.2) is 30.3 Å². The molecule has 1 aliphatic carbocycles. The zero-order valence-corrected chi connectivity index (χ0v) is 13.1. The lowest BCUT2D eigenvalue weighted by Crippen LogP contribution is -2.41. The lowest BCUT2D eigenvalue weighted by Gasteiger charge is -2.33. The van der Waals surface area contributed by atoms with Crippen molar-refractivity contribution in [1.29, 1.82) is 0 Å². The molecule has 0 spiro atoms. The summed E-state index contributed by atoms with van der Waals surface area (Å²) < 4.78 is 0. The maximum atomic E-state index is 10.8. The molecule has 2 N–H and O–H groups in total. The Morgan fingerprint density at radius 2 is 2.00 bits per heavy atom. The van der Waals surface area contributed by atoms with Crippen molar-refractivity contribution in [1.82, 2.24) is 5.32 Å². The Morgan fingerprint density at radius 1 is 1.24 bits per heavy atom. The van der Waals surface area contributed by atoms with Gasteiger partial charge in [0.1, 0.15) is 0 Å². The van der Waals surface area contributed by atoms with Crippen LogP contribution in [0.15, 0.2) is 24.3 Å². The summed E-state index contributed by atoms with van der Waals surface area (Å²) in [5, 5.41) is 14.4. The Labute approximate surface area is 128 Å². The van der Waals surface area contributed by atoms with E-state index in [1.165, 1.54) is 36.9 Å². The quantitative estimate of drug-likeness (QED) is 0.893. The van der Waals surface area contributed by atoms with Crippen molar-refractivity contribution < 1.29 is 5.11 Å².